The molecule has 1 aliphatic heterocycles. The Labute approximate surface area is 252 Å². The predicted molar refractivity (Wildman–Crippen MR) is 162 cm³/mol. The molecule has 0 aromatic heterocycles. The molecule has 11 atom stereocenters. The van der Waals surface area contributed by atoms with Crippen LogP contribution in [0.2, 0.25) is 5.02 Å². The van der Waals surface area contributed by atoms with Crippen LogP contribution in [0.3, 0.4) is 0 Å². The number of carbonyl (C=O) groups is 1. The van der Waals surface area contributed by atoms with Crippen LogP contribution < -0.4 is 0 Å². The molecule has 5 fully saturated rings. The molecule has 6 rings (SSSR count). The van der Waals surface area contributed by atoms with Gasteiger partial charge in [0.1, 0.15) is 0 Å². The fraction of sp³-hybridized carbons (Fsp3) is 0.800. The van der Waals surface area contributed by atoms with E-state index in [1.54, 1.807) is 0 Å². The van der Waals surface area contributed by atoms with Crippen LogP contribution in [0, 0.1) is 46.3 Å². The molecule has 2 N–H and O–H groups in total. The van der Waals surface area contributed by atoms with E-state index in [0.717, 1.165) is 63.5 Å². The molecule has 41 heavy (non-hydrogen) atoms. The number of likely N-dealkylation sites (tertiary alicyclic amines) is 1. The standard InChI is InChI=1S/C35H52ClNO4/c1-4-26-29-21-25(38)14-16-35(29,3)28-15-17-34(2)23(12-13-27(34)31(28)32(26)39)9-7-19-41-33(40)37-18-6-11-30(37)22-8-5-10-24(36)20-22/h5,8,10,20,23,25-32,38-39H,4,6-7,9,11-19,21H2,1-3H3/t23-,25+,26+,27-,28-,29-,30?,31-,32+,34+,35+/m0/s1. The van der Waals surface area contributed by atoms with E-state index >= 15 is 0 Å². The zero-order valence-electron chi connectivity index (χ0n) is 25.4. The summed E-state index contributed by atoms with van der Waals surface area (Å²) in [7, 11) is 0. The first-order valence-electron chi connectivity index (χ1n) is 16.7. The van der Waals surface area contributed by atoms with Crippen molar-refractivity contribution in [3.63, 3.8) is 0 Å². The number of carbonyl (C=O) groups excluding carboxylic acids is 1. The number of aliphatic hydroxyl groups excluding tert-OH is 2. The summed E-state index contributed by atoms with van der Waals surface area (Å²) >= 11 is 6.22. The molecular weight excluding hydrogens is 534 g/mol. The lowest BCUT2D eigenvalue weighted by molar-refractivity contribution is -0.202. The van der Waals surface area contributed by atoms with Gasteiger partial charge < -0.3 is 19.8 Å². The lowest BCUT2D eigenvalue weighted by Crippen LogP contribution is -2.62. The number of hydrogen-bond donors (Lipinski definition) is 2. The van der Waals surface area contributed by atoms with E-state index in [2.05, 4.69) is 26.8 Å². The van der Waals surface area contributed by atoms with Gasteiger partial charge in [-0.3, -0.25) is 0 Å². The summed E-state index contributed by atoms with van der Waals surface area (Å²) in [5.74, 6) is 2.91. The molecule has 1 heterocycles. The first-order valence-corrected chi connectivity index (χ1v) is 17.1. The molecule has 5 nitrogen and oxygen atoms in total. The van der Waals surface area contributed by atoms with Gasteiger partial charge in [0, 0.05) is 11.6 Å². The first kappa shape index (κ1) is 29.8. The van der Waals surface area contributed by atoms with Crippen molar-refractivity contribution in [1.82, 2.24) is 4.90 Å². The number of amides is 1. The van der Waals surface area contributed by atoms with Crippen LogP contribution in [0.15, 0.2) is 24.3 Å². The number of nitrogens with zero attached hydrogens (tertiary/aromatic N) is 1. The van der Waals surface area contributed by atoms with Crippen molar-refractivity contribution < 1.29 is 19.7 Å². The molecule has 4 saturated carbocycles. The van der Waals surface area contributed by atoms with E-state index in [9.17, 15) is 15.0 Å². The summed E-state index contributed by atoms with van der Waals surface area (Å²) in [4.78, 5) is 14.9. The molecule has 6 heteroatoms. The third kappa shape index (κ3) is 5.14. The lowest BCUT2D eigenvalue weighted by Gasteiger charge is -2.64. The summed E-state index contributed by atoms with van der Waals surface area (Å²) in [6, 6.07) is 7.90. The van der Waals surface area contributed by atoms with Gasteiger partial charge in [-0.1, -0.05) is 50.9 Å². The number of benzene rings is 1. The molecule has 0 bridgehead atoms. The van der Waals surface area contributed by atoms with Crippen molar-refractivity contribution in [2.24, 2.45) is 46.3 Å². The third-order valence-corrected chi connectivity index (χ3v) is 13.5. The Morgan fingerprint density at radius 2 is 1.83 bits per heavy atom. The molecule has 0 spiro atoms. The highest BCUT2D eigenvalue weighted by Crippen LogP contribution is 2.69. The number of ether oxygens (including phenoxy) is 1. The van der Waals surface area contributed by atoms with Crippen molar-refractivity contribution >= 4 is 17.7 Å². The Morgan fingerprint density at radius 3 is 2.61 bits per heavy atom. The van der Waals surface area contributed by atoms with E-state index in [-0.39, 0.29) is 35.2 Å². The van der Waals surface area contributed by atoms with Crippen molar-refractivity contribution in [3.05, 3.63) is 34.9 Å². The molecule has 5 aliphatic rings. The number of rotatable bonds is 6. The molecule has 1 aromatic rings. The van der Waals surface area contributed by atoms with Gasteiger partial charge in [0.05, 0.1) is 24.9 Å². The second-order valence-corrected chi connectivity index (χ2v) is 15.3. The van der Waals surface area contributed by atoms with E-state index < -0.39 is 0 Å². The monoisotopic (exact) mass is 585 g/mol. The van der Waals surface area contributed by atoms with Crippen molar-refractivity contribution in [2.45, 2.75) is 116 Å². The topological polar surface area (TPSA) is 70.0 Å². The second kappa shape index (κ2) is 11.7. The second-order valence-electron chi connectivity index (χ2n) is 14.9. The summed E-state index contributed by atoms with van der Waals surface area (Å²) < 4.78 is 5.84. The maximum Gasteiger partial charge on any atom is 0.410 e. The number of fused-ring (bicyclic) bond motifs is 5. The van der Waals surface area contributed by atoms with Gasteiger partial charge in [0.2, 0.25) is 0 Å². The number of hydrogen-bond acceptors (Lipinski definition) is 4. The van der Waals surface area contributed by atoms with E-state index in [1.165, 1.54) is 25.7 Å². The molecule has 228 valence electrons. The molecule has 1 unspecified atom stereocenters. The number of halogens is 1. The van der Waals surface area contributed by atoms with Gasteiger partial charge in [0.25, 0.3) is 0 Å². The van der Waals surface area contributed by atoms with Crippen LogP contribution in [-0.4, -0.2) is 46.6 Å². The van der Waals surface area contributed by atoms with Gasteiger partial charge in [0.15, 0.2) is 0 Å². The smallest absolute Gasteiger partial charge is 0.410 e. The van der Waals surface area contributed by atoms with Gasteiger partial charge >= 0.3 is 6.09 Å². The van der Waals surface area contributed by atoms with Crippen LogP contribution in [0.5, 0.6) is 0 Å². The molecule has 1 amide bonds. The lowest BCUT2D eigenvalue weighted by atomic mass is 9.41. The minimum absolute atomic E-state index is 0.0497. The largest absolute Gasteiger partial charge is 0.449 e. The SMILES string of the molecule is CC[C@H]1[C@@H](O)[C@@H]2[C@H](CC[C@]3(C)[C@@H](CCCOC(=O)N4CCCC4c4cccc(Cl)c4)CC[C@@H]23)[C@@]2(C)CC[C@@H](O)C[C@@H]12. The van der Waals surface area contributed by atoms with Crippen molar-refractivity contribution in [3.8, 4) is 0 Å². The van der Waals surface area contributed by atoms with Crippen LogP contribution in [0.4, 0.5) is 4.79 Å². The van der Waals surface area contributed by atoms with Crippen LogP contribution >= 0.6 is 11.6 Å². The van der Waals surface area contributed by atoms with E-state index in [1.807, 2.05) is 23.1 Å². The normalized spacial score (nSPS) is 43.8. The van der Waals surface area contributed by atoms with Crippen LogP contribution in [-0.2, 0) is 4.74 Å². The van der Waals surface area contributed by atoms with Crippen LogP contribution in [0.25, 0.3) is 0 Å². The highest BCUT2D eigenvalue weighted by molar-refractivity contribution is 6.30. The molecule has 1 aromatic carbocycles. The van der Waals surface area contributed by atoms with Gasteiger partial charge in [-0.25, -0.2) is 4.79 Å². The molecule has 0 radical (unpaired) electrons. The van der Waals surface area contributed by atoms with Crippen molar-refractivity contribution in [2.75, 3.05) is 13.2 Å². The average molecular weight is 586 g/mol. The maximum atomic E-state index is 13.0. The average Bonchev–Trinajstić information content (AvgIpc) is 3.57. The fourth-order valence-electron chi connectivity index (χ4n) is 11.2. The molecule has 1 saturated heterocycles. The maximum absolute atomic E-state index is 13.0. The highest BCUT2D eigenvalue weighted by atomic mass is 35.5. The first-order chi connectivity index (χ1) is 19.7. The van der Waals surface area contributed by atoms with Gasteiger partial charge in [-0.15, -0.1) is 0 Å². The Morgan fingerprint density at radius 1 is 1.05 bits per heavy atom. The van der Waals surface area contributed by atoms with E-state index in [4.69, 9.17) is 16.3 Å². The summed E-state index contributed by atoms with van der Waals surface area (Å²) in [6.07, 6.45) is 12.1. The molecular formula is C35H52ClNO4. The fourth-order valence-corrected chi connectivity index (χ4v) is 11.4. The van der Waals surface area contributed by atoms with Crippen LogP contribution in [0.1, 0.15) is 109 Å². The summed E-state index contributed by atoms with van der Waals surface area (Å²) in [5.41, 5.74) is 1.59. The highest BCUT2D eigenvalue weighted by Gasteiger charge is 2.64. The Kier molecular flexibility index (Phi) is 8.46. The van der Waals surface area contributed by atoms with Gasteiger partial charge in [-0.05, 0) is 135 Å². The third-order valence-electron chi connectivity index (χ3n) is 13.2. The predicted octanol–water partition coefficient (Wildman–Crippen LogP) is 8.02. The zero-order valence-corrected chi connectivity index (χ0v) is 26.2. The zero-order chi connectivity index (χ0) is 28.9. The number of aliphatic hydroxyl groups is 2. The van der Waals surface area contributed by atoms with E-state index in [0.29, 0.717) is 47.1 Å². The minimum Gasteiger partial charge on any atom is -0.449 e. The Bertz CT molecular complexity index is 1100. The van der Waals surface area contributed by atoms with Gasteiger partial charge in [-0.2, -0.15) is 0 Å². The summed E-state index contributed by atoms with van der Waals surface area (Å²) in [5, 5.41) is 23.1. The Hall–Kier alpha value is -1.30. The molecule has 4 aliphatic carbocycles. The summed E-state index contributed by atoms with van der Waals surface area (Å²) in [6.45, 7) is 8.49. The quantitative estimate of drug-likeness (QED) is 0.332. The van der Waals surface area contributed by atoms with Crippen molar-refractivity contribution in [1.29, 1.82) is 0 Å². The Balaban J connectivity index is 1.07. The minimum atomic E-state index is -0.245.